The van der Waals surface area contributed by atoms with E-state index in [4.69, 9.17) is 14.0 Å². The zero-order chi connectivity index (χ0) is 18.1. The van der Waals surface area contributed by atoms with Crippen LogP contribution in [0, 0.1) is 5.92 Å². The first-order valence-electron chi connectivity index (χ1n) is 8.96. The maximum Gasteiger partial charge on any atom is 0.257 e. The third-order valence-electron chi connectivity index (χ3n) is 5.16. The molecule has 1 aliphatic heterocycles. The van der Waals surface area contributed by atoms with Gasteiger partial charge >= 0.3 is 0 Å². The van der Waals surface area contributed by atoms with Crippen LogP contribution in [0.25, 0.3) is 0 Å². The molecule has 0 bridgehead atoms. The molecule has 2 fully saturated rings. The lowest BCUT2D eigenvalue weighted by molar-refractivity contribution is 0.0772. The van der Waals surface area contributed by atoms with Crippen molar-refractivity contribution < 1.29 is 18.8 Å². The van der Waals surface area contributed by atoms with Crippen molar-refractivity contribution >= 4 is 5.91 Å². The van der Waals surface area contributed by atoms with Gasteiger partial charge in [-0.05, 0) is 25.0 Å². The van der Waals surface area contributed by atoms with E-state index in [1.54, 1.807) is 26.4 Å². The molecule has 7 nitrogen and oxygen atoms in total. The minimum absolute atomic E-state index is 0.00592. The Morgan fingerprint density at radius 3 is 2.81 bits per heavy atom. The SMILES string of the molecule is COC[C@@H]1CN(C(=O)c2ccccc2OC)C[C@H]1c1nc(C2CC2)no1. The van der Waals surface area contributed by atoms with Crippen LogP contribution in [0.2, 0.25) is 0 Å². The monoisotopic (exact) mass is 357 g/mol. The Hall–Kier alpha value is -2.41. The second-order valence-corrected chi connectivity index (χ2v) is 7.00. The van der Waals surface area contributed by atoms with Gasteiger partial charge in [0.2, 0.25) is 5.89 Å². The third kappa shape index (κ3) is 3.19. The lowest BCUT2D eigenvalue weighted by atomic mass is 9.97. The number of aromatic nitrogens is 2. The van der Waals surface area contributed by atoms with Crippen molar-refractivity contribution in [3.63, 3.8) is 0 Å². The summed E-state index contributed by atoms with van der Waals surface area (Å²) in [4.78, 5) is 19.4. The Labute approximate surface area is 152 Å². The van der Waals surface area contributed by atoms with Crippen molar-refractivity contribution in [3.8, 4) is 5.75 Å². The van der Waals surface area contributed by atoms with Crippen molar-refractivity contribution in [2.24, 2.45) is 5.92 Å². The predicted molar refractivity (Wildman–Crippen MR) is 93.3 cm³/mol. The summed E-state index contributed by atoms with van der Waals surface area (Å²) in [6.45, 7) is 1.68. The van der Waals surface area contributed by atoms with Crippen LogP contribution in [-0.4, -0.2) is 54.9 Å². The highest BCUT2D eigenvalue weighted by Crippen LogP contribution is 2.40. The van der Waals surface area contributed by atoms with Gasteiger partial charge in [-0.2, -0.15) is 4.98 Å². The van der Waals surface area contributed by atoms with E-state index >= 15 is 0 Å². The summed E-state index contributed by atoms with van der Waals surface area (Å²) in [7, 11) is 3.25. The standard InChI is InChI=1S/C19H23N3O4/c1-24-11-13-9-22(19(23)14-5-3-4-6-16(14)25-2)10-15(13)18-20-17(21-26-18)12-7-8-12/h3-6,12-13,15H,7-11H2,1-2H3/t13-,15+/m0/s1. The van der Waals surface area contributed by atoms with Gasteiger partial charge in [0, 0.05) is 32.0 Å². The molecular formula is C19H23N3O4. The van der Waals surface area contributed by atoms with E-state index in [0.717, 1.165) is 18.7 Å². The largest absolute Gasteiger partial charge is 0.496 e. The number of nitrogens with zero attached hydrogens (tertiary/aromatic N) is 3. The highest BCUT2D eigenvalue weighted by atomic mass is 16.5. The van der Waals surface area contributed by atoms with E-state index in [0.29, 0.717) is 42.8 Å². The lowest BCUT2D eigenvalue weighted by Crippen LogP contribution is -2.29. The molecule has 1 aromatic carbocycles. The Morgan fingerprint density at radius 1 is 1.27 bits per heavy atom. The number of carbonyl (C=O) groups is 1. The quantitative estimate of drug-likeness (QED) is 0.790. The van der Waals surface area contributed by atoms with E-state index < -0.39 is 0 Å². The first kappa shape index (κ1) is 17.0. The number of para-hydroxylation sites is 1. The number of carbonyl (C=O) groups excluding carboxylic acids is 1. The molecule has 1 aromatic heterocycles. The fourth-order valence-electron chi connectivity index (χ4n) is 3.60. The van der Waals surface area contributed by atoms with Gasteiger partial charge in [-0.15, -0.1) is 0 Å². The third-order valence-corrected chi connectivity index (χ3v) is 5.16. The minimum Gasteiger partial charge on any atom is -0.496 e. The van der Waals surface area contributed by atoms with E-state index in [2.05, 4.69) is 10.1 Å². The average Bonchev–Trinajstić information content (AvgIpc) is 3.25. The van der Waals surface area contributed by atoms with Gasteiger partial charge in [-0.3, -0.25) is 4.79 Å². The summed E-state index contributed by atoms with van der Waals surface area (Å²) >= 11 is 0. The van der Waals surface area contributed by atoms with Gasteiger partial charge in [0.15, 0.2) is 5.82 Å². The highest BCUT2D eigenvalue weighted by Gasteiger charge is 2.41. The average molecular weight is 357 g/mol. The van der Waals surface area contributed by atoms with Crippen molar-refractivity contribution in [3.05, 3.63) is 41.5 Å². The molecule has 0 unspecified atom stereocenters. The van der Waals surface area contributed by atoms with Crippen LogP contribution in [0.1, 0.15) is 46.8 Å². The van der Waals surface area contributed by atoms with Crippen molar-refractivity contribution in [2.75, 3.05) is 33.9 Å². The normalized spacial score (nSPS) is 22.6. The molecule has 26 heavy (non-hydrogen) atoms. The molecule has 1 saturated heterocycles. The number of amides is 1. The molecule has 1 saturated carbocycles. The molecule has 1 amide bonds. The van der Waals surface area contributed by atoms with Gasteiger partial charge < -0.3 is 18.9 Å². The zero-order valence-electron chi connectivity index (χ0n) is 15.1. The number of benzene rings is 1. The van der Waals surface area contributed by atoms with Crippen molar-refractivity contribution in [1.29, 1.82) is 0 Å². The van der Waals surface area contributed by atoms with Crippen LogP contribution in [-0.2, 0) is 4.74 Å². The molecule has 2 heterocycles. The Morgan fingerprint density at radius 2 is 2.08 bits per heavy atom. The number of rotatable bonds is 6. The number of likely N-dealkylation sites (tertiary alicyclic amines) is 1. The Balaban J connectivity index is 1.55. The molecule has 4 rings (SSSR count). The summed E-state index contributed by atoms with van der Waals surface area (Å²) in [6, 6.07) is 7.29. The van der Waals surface area contributed by atoms with E-state index in [1.807, 2.05) is 17.0 Å². The topological polar surface area (TPSA) is 77.7 Å². The van der Waals surface area contributed by atoms with Gasteiger partial charge in [-0.1, -0.05) is 17.3 Å². The summed E-state index contributed by atoms with van der Waals surface area (Å²) in [5, 5.41) is 4.12. The molecular weight excluding hydrogens is 334 g/mol. The molecule has 2 aromatic rings. The molecule has 7 heteroatoms. The smallest absolute Gasteiger partial charge is 0.257 e. The maximum atomic E-state index is 13.0. The number of hydrogen-bond donors (Lipinski definition) is 0. The molecule has 1 aliphatic carbocycles. The van der Waals surface area contributed by atoms with Crippen molar-refractivity contribution in [2.45, 2.75) is 24.7 Å². The second-order valence-electron chi connectivity index (χ2n) is 7.00. The van der Waals surface area contributed by atoms with Crippen LogP contribution < -0.4 is 4.74 Å². The van der Waals surface area contributed by atoms with E-state index in [9.17, 15) is 4.79 Å². The van der Waals surface area contributed by atoms with Gasteiger partial charge in [0.05, 0.1) is 25.2 Å². The second kappa shape index (κ2) is 7.07. The van der Waals surface area contributed by atoms with E-state index in [-0.39, 0.29) is 17.7 Å². The van der Waals surface area contributed by atoms with Crippen LogP contribution in [0.5, 0.6) is 5.75 Å². The molecule has 0 spiro atoms. The number of hydrogen-bond acceptors (Lipinski definition) is 6. The van der Waals surface area contributed by atoms with Crippen LogP contribution >= 0.6 is 0 Å². The lowest BCUT2D eigenvalue weighted by Gasteiger charge is -2.17. The molecule has 0 N–H and O–H groups in total. The van der Waals surface area contributed by atoms with Crippen molar-refractivity contribution in [1.82, 2.24) is 15.0 Å². The fourth-order valence-corrected chi connectivity index (χ4v) is 3.60. The van der Waals surface area contributed by atoms with Gasteiger partial charge in [0.25, 0.3) is 5.91 Å². The number of ether oxygens (including phenoxy) is 2. The predicted octanol–water partition coefficient (Wildman–Crippen LogP) is 2.46. The summed E-state index contributed by atoms with van der Waals surface area (Å²) in [6.07, 6.45) is 2.26. The van der Waals surface area contributed by atoms with Gasteiger partial charge in [0.1, 0.15) is 5.75 Å². The van der Waals surface area contributed by atoms with Gasteiger partial charge in [-0.25, -0.2) is 0 Å². The first-order valence-corrected chi connectivity index (χ1v) is 8.96. The molecule has 0 radical (unpaired) electrons. The van der Waals surface area contributed by atoms with Crippen LogP contribution in [0.4, 0.5) is 0 Å². The molecule has 138 valence electrons. The summed E-state index contributed by atoms with van der Waals surface area (Å²) < 4.78 is 16.2. The fraction of sp³-hybridized carbons (Fsp3) is 0.526. The van der Waals surface area contributed by atoms with Crippen LogP contribution in [0.3, 0.4) is 0 Å². The number of methoxy groups -OCH3 is 2. The molecule has 2 aliphatic rings. The maximum absolute atomic E-state index is 13.0. The summed E-state index contributed by atoms with van der Waals surface area (Å²) in [5.74, 6) is 2.52. The Bertz CT molecular complexity index is 787. The summed E-state index contributed by atoms with van der Waals surface area (Å²) in [5.41, 5.74) is 0.566. The molecule has 2 atom stereocenters. The highest BCUT2D eigenvalue weighted by molar-refractivity contribution is 5.97. The Kier molecular flexibility index (Phi) is 4.63. The zero-order valence-corrected chi connectivity index (χ0v) is 15.1. The van der Waals surface area contributed by atoms with Crippen LogP contribution in [0.15, 0.2) is 28.8 Å². The first-order chi connectivity index (χ1) is 12.7. The van der Waals surface area contributed by atoms with E-state index in [1.165, 1.54) is 0 Å². The minimum atomic E-state index is -0.0482.